The predicted molar refractivity (Wildman–Crippen MR) is 110 cm³/mol. The second-order valence-corrected chi connectivity index (χ2v) is 6.84. The molecule has 6 heteroatoms. The third-order valence-corrected chi connectivity index (χ3v) is 4.89. The molecule has 6 nitrogen and oxygen atoms in total. The minimum absolute atomic E-state index is 0.0767. The number of nitrogens with zero attached hydrogens (tertiary/aromatic N) is 1. The summed E-state index contributed by atoms with van der Waals surface area (Å²) < 4.78 is 5.32. The van der Waals surface area contributed by atoms with Crippen LogP contribution in [0.25, 0.3) is 0 Å². The number of nitrogens with one attached hydrogen (secondary N) is 2. The molecule has 1 saturated heterocycles. The number of hydrogen-bond donors (Lipinski definition) is 2. The number of amides is 2. The third-order valence-electron chi connectivity index (χ3n) is 4.89. The monoisotopic (exact) mass is 381 g/mol. The van der Waals surface area contributed by atoms with Crippen LogP contribution in [-0.2, 0) is 11.2 Å². The number of methoxy groups -OCH3 is 1. The fourth-order valence-electron chi connectivity index (χ4n) is 3.32. The first-order chi connectivity index (χ1) is 13.7. The molecule has 0 radical (unpaired) electrons. The minimum Gasteiger partial charge on any atom is -0.496 e. The SMILES string of the molecule is COc1ccccc1CCNC(=O)CNc1ccc(C(=O)N2CCCC2)cc1. The molecule has 0 aliphatic carbocycles. The molecule has 28 heavy (non-hydrogen) atoms. The molecule has 1 heterocycles. The van der Waals surface area contributed by atoms with Gasteiger partial charge in [0.25, 0.3) is 5.91 Å². The molecule has 148 valence electrons. The quantitative estimate of drug-likeness (QED) is 0.738. The molecule has 1 aliphatic heterocycles. The summed E-state index contributed by atoms with van der Waals surface area (Å²) in [7, 11) is 1.64. The van der Waals surface area contributed by atoms with E-state index >= 15 is 0 Å². The van der Waals surface area contributed by atoms with Gasteiger partial charge in [-0.1, -0.05) is 18.2 Å². The van der Waals surface area contributed by atoms with Gasteiger partial charge in [0, 0.05) is 30.9 Å². The molecule has 1 fully saturated rings. The summed E-state index contributed by atoms with van der Waals surface area (Å²) in [5.74, 6) is 0.837. The van der Waals surface area contributed by atoms with Gasteiger partial charge in [0.1, 0.15) is 5.75 Å². The fraction of sp³-hybridized carbons (Fsp3) is 0.364. The second-order valence-electron chi connectivity index (χ2n) is 6.84. The molecule has 0 bridgehead atoms. The van der Waals surface area contributed by atoms with E-state index in [0.717, 1.165) is 42.9 Å². The maximum Gasteiger partial charge on any atom is 0.253 e. The zero-order chi connectivity index (χ0) is 19.8. The molecular weight excluding hydrogens is 354 g/mol. The van der Waals surface area contributed by atoms with Crippen LogP contribution in [0.4, 0.5) is 5.69 Å². The highest BCUT2D eigenvalue weighted by Gasteiger charge is 2.19. The van der Waals surface area contributed by atoms with Gasteiger partial charge in [0.2, 0.25) is 5.91 Å². The Kier molecular flexibility index (Phi) is 6.89. The molecule has 2 aromatic carbocycles. The van der Waals surface area contributed by atoms with E-state index in [2.05, 4.69) is 10.6 Å². The minimum atomic E-state index is -0.0767. The Bertz CT molecular complexity index is 799. The van der Waals surface area contributed by atoms with Crippen molar-refractivity contribution >= 4 is 17.5 Å². The van der Waals surface area contributed by atoms with Crippen molar-refractivity contribution in [3.05, 3.63) is 59.7 Å². The highest BCUT2D eigenvalue weighted by Crippen LogP contribution is 2.17. The standard InChI is InChI=1S/C22H27N3O3/c1-28-20-7-3-2-6-17(20)12-13-23-21(26)16-24-19-10-8-18(9-11-19)22(27)25-14-4-5-15-25/h2-3,6-11,24H,4-5,12-16H2,1H3,(H,23,26). The topological polar surface area (TPSA) is 70.7 Å². The molecule has 1 aliphatic rings. The van der Waals surface area contributed by atoms with Crippen molar-refractivity contribution in [2.24, 2.45) is 0 Å². The lowest BCUT2D eigenvalue weighted by Crippen LogP contribution is -2.31. The lowest BCUT2D eigenvalue weighted by Gasteiger charge is -2.15. The smallest absolute Gasteiger partial charge is 0.253 e. The Morgan fingerprint density at radius 3 is 2.46 bits per heavy atom. The highest BCUT2D eigenvalue weighted by molar-refractivity contribution is 5.94. The predicted octanol–water partition coefficient (Wildman–Crippen LogP) is 2.70. The number of anilines is 1. The van der Waals surface area contributed by atoms with E-state index in [0.29, 0.717) is 18.5 Å². The number of carbonyl (C=O) groups excluding carboxylic acids is 2. The Hall–Kier alpha value is -3.02. The van der Waals surface area contributed by atoms with Crippen molar-refractivity contribution in [2.45, 2.75) is 19.3 Å². The van der Waals surface area contributed by atoms with Crippen LogP contribution in [0.15, 0.2) is 48.5 Å². The van der Waals surface area contributed by atoms with Crippen molar-refractivity contribution in [3.63, 3.8) is 0 Å². The van der Waals surface area contributed by atoms with Gasteiger partial charge in [-0.3, -0.25) is 9.59 Å². The maximum absolute atomic E-state index is 12.3. The summed E-state index contributed by atoms with van der Waals surface area (Å²) >= 11 is 0. The zero-order valence-electron chi connectivity index (χ0n) is 16.2. The van der Waals surface area contributed by atoms with E-state index in [1.807, 2.05) is 53.4 Å². The van der Waals surface area contributed by atoms with Crippen molar-refractivity contribution < 1.29 is 14.3 Å². The first kappa shape index (κ1) is 19.7. The Labute approximate surface area is 165 Å². The van der Waals surface area contributed by atoms with Crippen molar-refractivity contribution in [1.82, 2.24) is 10.2 Å². The van der Waals surface area contributed by atoms with Crippen LogP contribution >= 0.6 is 0 Å². The molecule has 0 atom stereocenters. The second kappa shape index (κ2) is 9.78. The zero-order valence-corrected chi connectivity index (χ0v) is 16.2. The number of ether oxygens (including phenoxy) is 1. The van der Waals surface area contributed by atoms with E-state index in [1.54, 1.807) is 7.11 Å². The molecule has 2 N–H and O–H groups in total. The van der Waals surface area contributed by atoms with Crippen LogP contribution in [0.2, 0.25) is 0 Å². The lowest BCUT2D eigenvalue weighted by molar-refractivity contribution is -0.119. The van der Waals surface area contributed by atoms with Crippen LogP contribution < -0.4 is 15.4 Å². The van der Waals surface area contributed by atoms with Crippen LogP contribution in [0.5, 0.6) is 5.75 Å². The van der Waals surface area contributed by atoms with E-state index < -0.39 is 0 Å². The average molecular weight is 381 g/mol. The van der Waals surface area contributed by atoms with Gasteiger partial charge in [-0.05, 0) is 55.2 Å². The first-order valence-electron chi connectivity index (χ1n) is 9.69. The Morgan fingerprint density at radius 2 is 1.75 bits per heavy atom. The van der Waals surface area contributed by atoms with E-state index in [4.69, 9.17) is 4.74 Å². The van der Waals surface area contributed by atoms with Crippen molar-refractivity contribution in [2.75, 3.05) is 38.6 Å². The molecule has 2 aromatic rings. The summed E-state index contributed by atoms with van der Waals surface area (Å²) in [4.78, 5) is 26.3. The molecule has 3 rings (SSSR count). The number of para-hydroxylation sites is 1. The molecule has 0 saturated carbocycles. The van der Waals surface area contributed by atoms with Crippen LogP contribution in [0.1, 0.15) is 28.8 Å². The van der Waals surface area contributed by atoms with E-state index in [-0.39, 0.29) is 18.4 Å². The van der Waals surface area contributed by atoms with Gasteiger partial charge >= 0.3 is 0 Å². The van der Waals surface area contributed by atoms with Gasteiger partial charge in [0.15, 0.2) is 0 Å². The van der Waals surface area contributed by atoms with E-state index in [9.17, 15) is 9.59 Å². The van der Waals surface area contributed by atoms with Gasteiger partial charge in [-0.15, -0.1) is 0 Å². The molecule has 2 amide bonds. The Balaban J connectivity index is 1.41. The number of rotatable bonds is 8. The number of benzene rings is 2. The average Bonchev–Trinajstić information content (AvgIpc) is 3.27. The van der Waals surface area contributed by atoms with Crippen LogP contribution in [0.3, 0.4) is 0 Å². The third kappa shape index (κ3) is 5.25. The van der Waals surface area contributed by atoms with Gasteiger partial charge in [-0.2, -0.15) is 0 Å². The summed E-state index contributed by atoms with van der Waals surface area (Å²) in [6, 6.07) is 15.1. The summed E-state index contributed by atoms with van der Waals surface area (Å²) in [5, 5.41) is 5.99. The fourth-order valence-corrected chi connectivity index (χ4v) is 3.32. The normalized spacial score (nSPS) is 13.2. The Morgan fingerprint density at radius 1 is 1.04 bits per heavy atom. The molecule has 0 unspecified atom stereocenters. The largest absolute Gasteiger partial charge is 0.496 e. The summed E-state index contributed by atoms with van der Waals surface area (Å²) in [6.45, 7) is 2.41. The van der Waals surface area contributed by atoms with E-state index in [1.165, 1.54) is 0 Å². The highest BCUT2D eigenvalue weighted by atomic mass is 16.5. The van der Waals surface area contributed by atoms with Gasteiger partial charge < -0.3 is 20.3 Å². The maximum atomic E-state index is 12.3. The number of likely N-dealkylation sites (tertiary alicyclic amines) is 1. The van der Waals surface area contributed by atoms with Crippen molar-refractivity contribution in [3.8, 4) is 5.75 Å². The molecule has 0 spiro atoms. The van der Waals surface area contributed by atoms with Crippen LogP contribution in [0, 0.1) is 0 Å². The molecule has 0 aromatic heterocycles. The summed E-state index contributed by atoms with van der Waals surface area (Å²) in [5.41, 5.74) is 2.57. The number of carbonyl (C=O) groups is 2. The lowest BCUT2D eigenvalue weighted by atomic mass is 10.1. The van der Waals surface area contributed by atoms with Gasteiger partial charge in [-0.25, -0.2) is 0 Å². The number of hydrogen-bond acceptors (Lipinski definition) is 4. The molecular formula is C22H27N3O3. The van der Waals surface area contributed by atoms with Crippen molar-refractivity contribution in [1.29, 1.82) is 0 Å². The summed E-state index contributed by atoms with van der Waals surface area (Å²) in [6.07, 6.45) is 2.87. The first-order valence-corrected chi connectivity index (χ1v) is 9.69. The van der Waals surface area contributed by atoms with Crippen LogP contribution in [-0.4, -0.2) is 50.0 Å². The van der Waals surface area contributed by atoms with Gasteiger partial charge in [0.05, 0.1) is 13.7 Å².